The van der Waals surface area contributed by atoms with Crippen molar-refractivity contribution in [1.29, 1.82) is 0 Å². The van der Waals surface area contributed by atoms with Crippen LogP contribution in [0, 0.1) is 0 Å². The molecular formula is C22H35N3O9. The minimum absolute atomic E-state index is 0.0605. The van der Waals surface area contributed by atoms with Crippen LogP contribution in [0.4, 0.5) is 0 Å². The lowest BCUT2D eigenvalue weighted by Gasteiger charge is -2.43. The number of esters is 4. The zero-order valence-electron chi connectivity index (χ0n) is 20.3. The highest BCUT2D eigenvalue weighted by Crippen LogP contribution is 2.31. The molecule has 1 fully saturated rings. The first-order valence-electron chi connectivity index (χ1n) is 11.7. The van der Waals surface area contributed by atoms with Gasteiger partial charge < -0.3 is 23.7 Å². The summed E-state index contributed by atoms with van der Waals surface area (Å²) in [6, 6.07) is 0. The zero-order valence-corrected chi connectivity index (χ0v) is 20.3. The van der Waals surface area contributed by atoms with E-state index in [0.717, 1.165) is 0 Å². The number of ether oxygens (including phenoxy) is 5. The van der Waals surface area contributed by atoms with Crippen LogP contribution < -0.4 is 0 Å². The molecule has 1 aliphatic heterocycles. The topological polar surface area (TPSA) is 163 Å². The lowest BCUT2D eigenvalue weighted by molar-refractivity contribution is -0.253. The summed E-state index contributed by atoms with van der Waals surface area (Å²) in [5, 5.41) is 3.55. The normalized spacial score (nSPS) is 23.8. The van der Waals surface area contributed by atoms with Crippen LogP contribution in [0.15, 0.2) is 5.11 Å². The molecule has 0 aromatic carbocycles. The average molecular weight is 486 g/mol. The van der Waals surface area contributed by atoms with Crippen LogP contribution in [0.2, 0.25) is 0 Å². The maximum atomic E-state index is 12.4. The van der Waals surface area contributed by atoms with Crippen LogP contribution in [0.5, 0.6) is 0 Å². The maximum Gasteiger partial charge on any atom is 0.306 e. The predicted octanol–water partition coefficient (Wildman–Crippen LogP) is 3.50. The van der Waals surface area contributed by atoms with Crippen molar-refractivity contribution in [3.05, 3.63) is 10.4 Å². The lowest BCUT2D eigenvalue weighted by atomic mass is 9.97. The predicted molar refractivity (Wildman–Crippen MR) is 118 cm³/mol. The summed E-state index contributed by atoms with van der Waals surface area (Å²) < 4.78 is 27.6. The van der Waals surface area contributed by atoms with Gasteiger partial charge in [-0.1, -0.05) is 32.8 Å². The molecule has 0 aromatic heterocycles. The van der Waals surface area contributed by atoms with E-state index in [0.29, 0.717) is 25.7 Å². The van der Waals surface area contributed by atoms with Crippen molar-refractivity contribution in [2.24, 2.45) is 5.11 Å². The first kappa shape index (κ1) is 29.2. The van der Waals surface area contributed by atoms with Gasteiger partial charge in [0.2, 0.25) is 0 Å². The Labute approximate surface area is 199 Å². The second-order valence-corrected chi connectivity index (χ2v) is 7.82. The molecule has 0 aliphatic carbocycles. The second-order valence-electron chi connectivity index (χ2n) is 7.82. The van der Waals surface area contributed by atoms with Gasteiger partial charge in [-0.25, -0.2) is 0 Å². The van der Waals surface area contributed by atoms with E-state index in [1.165, 1.54) is 0 Å². The number of hydrogen-bond acceptors (Lipinski definition) is 10. The molecule has 0 radical (unpaired) electrons. The van der Waals surface area contributed by atoms with Crippen LogP contribution in [0.1, 0.15) is 79.1 Å². The SMILES string of the molecule is CCCC(=O)OC[C@H]1O[C@@H](N=[N+]=[N-])[C@H](OC(=O)CCC)[C@@H](OC(=O)CCC)[C@H]1OC(=O)CCC. The Morgan fingerprint density at radius 3 is 1.65 bits per heavy atom. The van der Waals surface area contributed by atoms with Gasteiger partial charge in [-0.3, -0.25) is 19.2 Å². The molecule has 0 aromatic rings. The Morgan fingerprint density at radius 1 is 0.735 bits per heavy atom. The minimum Gasteiger partial charge on any atom is -0.463 e. The van der Waals surface area contributed by atoms with Gasteiger partial charge in [-0.05, 0) is 31.2 Å². The number of rotatable bonds is 14. The van der Waals surface area contributed by atoms with Crippen molar-refractivity contribution in [3.63, 3.8) is 0 Å². The highest BCUT2D eigenvalue weighted by atomic mass is 16.7. The second kappa shape index (κ2) is 15.9. The van der Waals surface area contributed by atoms with Crippen molar-refractivity contribution in [3.8, 4) is 0 Å². The summed E-state index contributed by atoms with van der Waals surface area (Å²) in [5.74, 6) is -2.35. The number of carbonyl (C=O) groups is 4. The molecule has 1 heterocycles. The molecule has 192 valence electrons. The van der Waals surface area contributed by atoms with E-state index in [-0.39, 0.29) is 32.3 Å². The van der Waals surface area contributed by atoms with Crippen molar-refractivity contribution in [2.75, 3.05) is 6.61 Å². The summed E-state index contributed by atoms with van der Waals surface area (Å²) in [4.78, 5) is 51.7. The molecule has 1 aliphatic rings. The minimum atomic E-state index is -1.40. The largest absolute Gasteiger partial charge is 0.463 e. The van der Waals surface area contributed by atoms with Gasteiger partial charge in [0.25, 0.3) is 0 Å². The fraction of sp³-hybridized carbons (Fsp3) is 0.818. The van der Waals surface area contributed by atoms with Crippen molar-refractivity contribution >= 4 is 23.9 Å². The Hall–Kier alpha value is -2.85. The number of carbonyl (C=O) groups excluding carboxylic acids is 4. The zero-order chi connectivity index (χ0) is 25.5. The molecule has 0 bridgehead atoms. The van der Waals surface area contributed by atoms with Crippen LogP contribution in [0.3, 0.4) is 0 Å². The molecule has 12 heteroatoms. The Kier molecular flexibility index (Phi) is 13.6. The quantitative estimate of drug-likeness (QED) is 0.118. The van der Waals surface area contributed by atoms with Crippen LogP contribution >= 0.6 is 0 Å². The van der Waals surface area contributed by atoms with Crippen LogP contribution in [-0.2, 0) is 42.9 Å². The van der Waals surface area contributed by atoms with Crippen LogP contribution in [-0.4, -0.2) is 61.1 Å². The summed E-state index contributed by atoms with van der Waals surface area (Å²) in [5.41, 5.74) is 9.04. The monoisotopic (exact) mass is 485 g/mol. The summed E-state index contributed by atoms with van der Waals surface area (Å²) in [6.07, 6.45) is -4.09. The van der Waals surface area contributed by atoms with E-state index in [9.17, 15) is 19.2 Å². The molecule has 0 N–H and O–H groups in total. The summed E-state index contributed by atoms with van der Waals surface area (Å²) >= 11 is 0. The summed E-state index contributed by atoms with van der Waals surface area (Å²) in [7, 11) is 0. The Balaban J connectivity index is 3.37. The first-order chi connectivity index (χ1) is 16.3. The van der Waals surface area contributed by atoms with Gasteiger partial charge in [0.1, 0.15) is 12.7 Å². The smallest absolute Gasteiger partial charge is 0.306 e. The van der Waals surface area contributed by atoms with Gasteiger partial charge in [0.05, 0.1) is 0 Å². The van der Waals surface area contributed by atoms with Crippen molar-refractivity contribution < 1.29 is 42.9 Å². The highest BCUT2D eigenvalue weighted by molar-refractivity contribution is 5.72. The molecule has 12 nitrogen and oxygen atoms in total. The fourth-order valence-electron chi connectivity index (χ4n) is 3.27. The molecular weight excluding hydrogens is 450 g/mol. The van der Waals surface area contributed by atoms with Crippen LogP contribution in [0.25, 0.3) is 10.4 Å². The molecule has 1 rings (SSSR count). The highest BCUT2D eigenvalue weighted by Gasteiger charge is 2.52. The van der Waals surface area contributed by atoms with E-state index < -0.39 is 54.5 Å². The Bertz CT molecular complexity index is 739. The lowest BCUT2D eigenvalue weighted by Crippen LogP contribution is -2.62. The molecule has 34 heavy (non-hydrogen) atoms. The average Bonchev–Trinajstić information content (AvgIpc) is 2.77. The molecule has 0 unspecified atom stereocenters. The van der Waals surface area contributed by atoms with Gasteiger partial charge in [0.15, 0.2) is 24.5 Å². The van der Waals surface area contributed by atoms with Gasteiger partial charge in [-0.15, -0.1) is 0 Å². The van der Waals surface area contributed by atoms with E-state index in [2.05, 4.69) is 10.0 Å². The van der Waals surface area contributed by atoms with E-state index in [1.807, 2.05) is 6.92 Å². The third-order valence-corrected chi connectivity index (χ3v) is 4.80. The van der Waals surface area contributed by atoms with Crippen molar-refractivity contribution in [2.45, 2.75) is 110 Å². The molecule has 0 spiro atoms. The third kappa shape index (κ3) is 9.56. The standard InChI is InChI=1S/C22H35N3O9/c1-5-9-15(26)30-13-14-19(32-16(27)10-6-2)20(33-17(28)11-7-3)21(22(31-14)24-25-23)34-18(29)12-8-4/h14,19-22H,5-13H2,1-4H3/t14-,19+,20+,21-,22-/m1/s1. The number of azide groups is 1. The maximum absolute atomic E-state index is 12.4. The molecule has 0 saturated carbocycles. The Morgan fingerprint density at radius 2 is 1.18 bits per heavy atom. The fourth-order valence-corrected chi connectivity index (χ4v) is 3.27. The van der Waals surface area contributed by atoms with Gasteiger partial charge in [-0.2, -0.15) is 0 Å². The van der Waals surface area contributed by atoms with E-state index in [4.69, 9.17) is 29.2 Å². The van der Waals surface area contributed by atoms with Gasteiger partial charge in [0, 0.05) is 30.6 Å². The first-order valence-corrected chi connectivity index (χ1v) is 11.7. The third-order valence-electron chi connectivity index (χ3n) is 4.80. The molecule has 0 amide bonds. The van der Waals surface area contributed by atoms with E-state index in [1.54, 1.807) is 20.8 Å². The molecule has 1 saturated heterocycles. The summed E-state index contributed by atoms with van der Waals surface area (Å²) in [6.45, 7) is 6.80. The van der Waals surface area contributed by atoms with Gasteiger partial charge >= 0.3 is 23.9 Å². The molecule has 5 atom stereocenters. The van der Waals surface area contributed by atoms with Crippen molar-refractivity contribution in [1.82, 2.24) is 0 Å². The number of nitrogens with zero attached hydrogens (tertiary/aromatic N) is 3. The van der Waals surface area contributed by atoms with E-state index >= 15 is 0 Å². The number of hydrogen-bond donors (Lipinski definition) is 0.